The van der Waals surface area contributed by atoms with Crippen molar-refractivity contribution in [3.05, 3.63) is 40.7 Å². The quantitative estimate of drug-likeness (QED) is 0.507. The van der Waals surface area contributed by atoms with Crippen LogP contribution in [0.25, 0.3) is 11.0 Å². The van der Waals surface area contributed by atoms with Crippen LogP contribution in [-0.2, 0) is 11.3 Å². The molecule has 9 nitrogen and oxygen atoms in total. The Balaban J connectivity index is 1.74. The molecule has 0 fully saturated rings. The lowest BCUT2D eigenvalue weighted by Crippen LogP contribution is -2.31. The number of anilines is 1. The molecule has 1 aromatic carbocycles. The largest absolute Gasteiger partial charge is 0.494 e. The summed E-state index contributed by atoms with van der Waals surface area (Å²) in [6, 6.07) is 5.61. The molecule has 0 saturated heterocycles. The molecule has 1 aliphatic rings. The second-order valence-electron chi connectivity index (χ2n) is 8.77. The summed E-state index contributed by atoms with van der Waals surface area (Å²) < 4.78 is 0. The summed E-state index contributed by atoms with van der Waals surface area (Å²) in [6.45, 7) is 2.78. The van der Waals surface area contributed by atoms with E-state index >= 15 is 0 Å². The lowest BCUT2D eigenvalue weighted by molar-refractivity contribution is -0.130. The Kier molecular flexibility index (Phi) is 7.33. The van der Waals surface area contributed by atoms with Gasteiger partial charge in [-0.05, 0) is 50.2 Å². The zero-order valence-corrected chi connectivity index (χ0v) is 20.5. The number of benzene rings is 1. The number of aromatic nitrogens is 3. The first-order chi connectivity index (χ1) is 16.3. The van der Waals surface area contributed by atoms with Crippen LogP contribution in [0, 0.1) is 0 Å². The maximum Gasteiger partial charge on any atom is 0.222 e. The van der Waals surface area contributed by atoms with E-state index in [9.17, 15) is 9.90 Å². The number of carbonyl (C=O) groups is 1. The van der Waals surface area contributed by atoms with Gasteiger partial charge in [-0.2, -0.15) is 0 Å². The van der Waals surface area contributed by atoms with Crippen molar-refractivity contribution in [2.24, 2.45) is 4.99 Å². The molecule has 0 atom stereocenters. The first kappa shape index (κ1) is 24.0. The summed E-state index contributed by atoms with van der Waals surface area (Å²) in [5.41, 5.74) is 2.73. The number of amides is 1. The van der Waals surface area contributed by atoms with Crippen LogP contribution < -0.4 is 4.90 Å². The van der Waals surface area contributed by atoms with Gasteiger partial charge in [0.15, 0.2) is 5.88 Å². The van der Waals surface area contributed by atoms with Crippen LogP contribution in [-0.4, -0.2) is 82.8 Å². The van der Waals surface area contributed by atoms with E-state index in [0.717, 1.165) is 30.6 Å². The number of rotatable bonds is 0. The molecule has 1 aliphatic heterocycles. The standard InChI is InChI=1S/C24H30ClN7O2/c1-30-9-4-6-20(33)31(2)10-5-11-32(3)23-21-18(24(34)29-22(21)27-15-28-23)13-26-17-7-8-19(25)16(12-17)14-30/h7-8,12-13,15,34H,4-6,9-11,14H2,1-3H3,(H,27,28,29). The molecule has 0 radical (unpaired) electrons. The number of aliphatic imine (C=N–C) groups is 1. The van der Waals surface area contributed by atoms with Crippen LogP contribution in [0.3, 0.4) is 0 Å². The van der Waals surface area contributed by atoms with Crippen molar-refractivity contribution in [3.8, 4) is 5.88 Å². The highest BCUT2D eigenvalue weighted by molar-refractivity contribution is 6.31. The van der Waals surface area contributed by atoms with E-state index in [0.29, 0.717) is 53.5 Å². The molecule has 2 bridgehead atoms. The minimum Gasteiger partial charge on any atom is -0.494 e. The molecule has 0 saturated carbocycles. The van der Waals surface area contributed by atoms with E-state index in [4.69, 9.17) is 11.6 Å². The zero-order valence-electron chi connectivity index (χ0n) is 19.8. The second-order valence-corrected chi connectivity index (χ2v) is 9.18. The number of nitrogens with zero attached hydrogens (tertiary/aromatic N) is 6. The summed E-state index contributed by atoms with van der Waals surface area (Å²) >= 11 is 6.44. The van der Waals surface area contributed by atoms with Crippen molar-refractivity contribution in [1.29, 1.82) is 0 Å². The summed E-state index contributed by atoms with van der Waals surface area (Å²) in [5.74, 6) is 0.817. The van der Waals surface area contributed by atoms with Crippen LogP contribution in [0.15, 0.2) is 29.5 Å². The third-order valence-electron chi connectivity index (χ3n) is 6.11. The first-order valence-corrected chi connectivity index (χ1v) is 11.7. The van der Waals surface area contributed by atoms with Gasteiger partial charge in [-0.1, -0.05) is 11.6 Å². The molecule has 4 rings (SSSR count). The molecule has 0 unspecified atom stereocenters. The topological polar surface area (TPSA) is 101 Å². The Morgan fingerprint density at radius 1 is 1.06 bits per heavy atom. The van der Waals surface area contributed by atoms with Crippen LogP contribution in [0.1, 0.15) is 30.4 Å². The van der Waals surface area contributed by atoms with Crippen LogP contribution >= 0.6 is 11.6 Å². The number of H-pyrrole nitrogens is 1. The maximum absolute atomic E-state index is 12.6. The smallest absolute Gasteiger partial charge is 0.222 e. The highest BCUT2D eigenvalue weighted by Gasteiger charge is 2.18. The minimum atomic E-state index is -0.0148. The molecule has 0 aliphatic carbocycles. The molecule has 2 N–H and O–H groups in total. The minimum absolute atomic E-state index is 0.0148. The van der Waals surface area contributed by atoms with Crippen molar-refractivity contribution in [2.45, 2.75) is 25.8 Å². The Morgan fingerprint density at radius 2 is 1.85 bits per heavy atom. The molecular formula is C24H30ClN7O2. The highest BCUT2D eigenvalue weighted by Crippen LogP contribution is 2.32. The number of hydrogen-bond acceptors (Lipinski definition) is 7. The maximum atomic E-state index is 12.6. The van der Waals surface area contributed by atoms with E-state index in [1.807, 2.05) is 44.2 Å². The Labute approximate surface area is 204 Å². The van der Waals surface area contributed by atoms with Gasteiger partial charge in [-0.25, -0.2) is 9.97 Å². The lowest BCUT2D eigenvalue weighted by atomic mass is 10.1. The fraction of sp³-hybridized carbons (Fsp3) is 0.417. The van der Waals surface area contributed by atoms with Gasteiger partial charge in [0.25, 0.3) is 0 Å². The fourth-order valence-corrected chi connectivity index (χ4v) is 4.35. The number of carbonyl (C=O) groups excluding carboxylic acids is 1. The van der Waals surface area contributed by atoms with E-state index in [-0.39, 0.29) is 11.8 Å². The van der Waals surface area contributed by atoms with Crippen molar-refractivity contribution < 1.29 is 9.90 Å². The normalized spacial score (nSPS) is 17.0. The third-order valence-corrected chi connectivity index (χ3v) is 6.47. The molecule has 180 valence electrons. The molecule has 1 amide bonds. The molecule has 10 heteroatoms. The summed E-state index contributed by atoms with van der Waals surface area (Å²) in [4.78, 5) is 34.8. The SMILES string of the molecule is CN1CCCC(=O)N(C)CCCN(C)c2ncnc3[nH]c(O)c(c23)C=Nc2ccc(Cl)c(c2)C1. The molecular weight excluding hydrogens is 454 g/mol. The van der Waals surface area contributed by atoms with Crippen molar-refractivity contribution in [2.75, 3.05) is 45.7 Å². The zero-order chi connectivity index (χ0) is 24.2. The summed E-state index contributed by atoms with van der Waals surface area (Å²) in [5, 5.41) is 11.9. The number of hydrogen-bond donors (Lipinski definition) is 2. The van der Waals surface area contributed by atoms with E-state index < -0.39 is 0 Å². The fourth-order valence-electron chi connectivity index (χ4n) is 4.17. The second kappa shape index (κ2) is 10.4. The number of nitrogens with one attached hydrogen (secondary N) is 1. The van der Waals surface area contributed by atoms with Gasteiger partial charge in [-0.3, -0.25) is 9.79 Å². The Morgan fingerprint density at radius 3 is 2.68 bits per heavy atom. The molecule has 2 aromatic heterocycles. The third kappa shape index (κ3) is 5.31. The van der Waals surface area contributed by atoms with Crippen molar-refractivity contribution in [3.63, 3.8) is 0 Å². The van der Waals surface area contributed by atoms with Crippen molar-refractivity contribution >= 4 is 46.3 Å². The predicted octanol–water partition coefficient (Wildman–Crippen LogP) is 3.58. The first-order valence-electron chi connectivity index (χ1n) is 11.3. The monoisotopic (exact) mass is 483 g/mol. The van der Waals surface area contributed by atoms with E-state index in [1.165, 1.54) is 6.33 Å². The average Bonchev–Trinajstić information content (AvgIpc) is 3.13. The number of aromatic hydroxyl groups is 1. The Bertz CT molecular complexity index is 1210. The van der Waals surface area contributed by atoms with Crippen molar-refractivity contribution in [1.82, 2.24) is 24.8 Å². The lowest BCUT2D eigenvalue weighted by Gasteiger charge is -2.22. The van der Waals surface area contributed by atoms with Gasteiger partial charge in [-0.15, -0.1) is 0 Å². The highest BCUT2D eigenvalue weighted by atomic mass is 35.5. The van der Waals surface area contributed by atoms with Gasteiger partial charge >= 0.3 is 0 Å². The van der Waals surface area contributed by atoms with Crippen LogP contribution in [0.4, 0.5) is 11.5 Å². The van der Waals surface area contributed by atoms with Gasteiger partial charge in [0.1, 0.15) is 17.8 Å². The number of halogens is 1. The van der Waals surface area contributed by atoms with Gasteiger partial charge in [0.2, 0.25) is 5.91 Å². The predicted molar refractivity (Wildman–Crippen MR) is 135 cm³/mol. The van der Waals surface area contributed by atoms with Gasteiger partial charge < -0.3 is 24.8 Å². The average molecular weight is 484 g/mol. The molecule has 3 heterocycles. The number of fused-ring (bicyclic) bond motifs is 2. The molecule has 34 heavy (non-hydrogen) atoms. The Hall–Kier alpha value is -3.17. The molecule has 0 spiro atoms. The van der Waals surface area contributed by atoms with Crippen LogP contribution in [0.5, 0.6) is 5.88 Å². The number of aromatic amines is 1. The van der Waals surface area contributed by atoms with Gasteiger partial charge in [0, 0.05) is 51.4 Å². The van der Waals surface area contributed by atoms with Crippen LogP contribution in [0.2, 0.25) is 5.02 Å². The van der Waals surface area contributed by atoms with Gasteiger partial charge in [0.05, 0.1) is 16.6 Å². The summed E-state index contributed by atoms with van der Waals surface area (Å²) in [7, 11) is 5.81. The van der Waals surface area contributed by atoms with E-state index in [1.54, 1.807) is 11.1 Å². The summed E-state index contributed by atoms with van der Waals surface area (Å²) in [6.07, 6.45) is 5.18. The van der Waals surface area contributed by atoms with E-state index in [2.05, 4.69) is 24.8 Å². The molecule has 3 aromatic rings.